The summed E-state index contributed by atoms with van der Waals surface area (Å²) in [6.45, 7) is 2.99. The van der Waals surface area contributed by atoms with Gasteiger partial charge >= 0.3 is 17.7 Å². The number of hydrogen-bond donors (Lipinski definition) is 4. The number of aliphatic carboxylic acids is 1. The average Bonchev–Trinajstić information content (AvgIpc) is 3.18. The quantitative estimate of drug-likeness (QED) is 0.179. The molecule has 230 valence electrons. The molecule has 4 rings (SSSR count). The summed E-state index contributed by atoms with van der Waals surface area (Å²) in [6.07, 6.45) is 1.54. The van der Waals surface area contributed by atoms with E-state index in [0.717, 1.165) is 37.1 Å². The Morgan fingerprint density at radius 2 is 1.88 bits per heavy atom. The third-order valence-electron chi connectivity index (χ3n) is 6.38. The molecule has 13 nitrogen and oxygen atoms in total. The second kappa shape index (κ2) is 17.3. The van der Waals surface area contributed by atoms with Gasteiger partial charge in [0.1, 0.15) is 18.7 Å². The van der Waals surface area contributed by atoms with Crippen LogP contribution in [0.3, 0.4) is 0 Å². The Labute approximate surface area is 256 Å². The number of aromatic nitrogens is 4. The predicted octanol–water partition coefficient (Wildman–Crippen LogP) is 1.87. The van der Waals surface area contributed by atoms with Crippen LogP contribution >= 0.6 is 37.2 Å². The first-order valence-electron chi connectivity index (χ1n) is 12.5. The Bertz CT molecular complexity index is 1290. The van der Waals surface area contributed by atoms with Crippen LogP contribution in [0, 0.1) is 0 Å². The molecule has 3 aromatic rings. The molecule has 1 saturated heterocycles. The van der Waals surface area contributed by atoms with Crippen LogP contribution in [0.5, 0.6) is 6.01 Å². The van der Waals surface area contributed by atoms with Gasteiger partial charge in [-0.25, -0.2) is 9.59 Å². The number of fused-ring (bicyclic) bond motifs is 1. The maximum atomic E-state index is 12.7. The van der Waals surface area contributed by atoms with Gasteiger partial charge in [-0.05, 0) is 31.0 Å². The largest absolute Gasteiger partial charge is 0.480 e. The number of hydrogen-bond acceptors (Lipinski definition) is 10. The second-order valence-corrected chi connectivity index (χ2v) is 9.42. The highest BCUT2D eigenvalue weighted by Gasteiger charge is 2.26. The topological polar surface area (TPSA) is 170 Å². The lowest BCUT2D eigenvalue weighted by Gasteiger charge is -2.39. The van der Waals surface area contributed by atoms with E-state index >= 15 is 0 Å². The molecule has 1 fully saturated rings. The van der Waals surface area contributed by atoms with Gasteiger partial charge in [0.2, 0.25) is 0 Å². The molecule has 2 aromatic heterocycles. The molecular formula is C25H38Cl3N7O6. The van der Waals surface area contributed by atoms with Crippen molar-refractivity contribution in [2.45, 2.75) is 31.5 Å². The molecule has 1 aliphatic rings. The predicted molar refractivity (Wildman–Crippen MR) is 162 cm³/mol. The van der Waals surface area contributed by atoms with E-state index in [1.807, 2.05) is 12.1 Å². The number of carboxylic acids is 1. The zero-order chi connectivity index (χ0) is 27.1. The van der Waals surface area contributed by atoms with Crippen molar-refractivity contribution in [1.82, 2.24) is 29.7 Å². The second-order valence-electron chi connectivity index (χ2n) is 9.42. The van der Waals surface area contributed by atoms with Crippen molar-refractivity contribution in [3.05, 3.63) is 45.9 Å². The normalized spacial score (nSPS) is 13.9. The van der Waals surface area contributed by atoms with Crippen LogP contribution in [-0.4, -0.2) is 95.2 Å². The zero-order valence-electron chi connectivity index (χ0n) is 22.9. The van der Waals surface area contributed by atoms with Gasteiger partial charge in [-0.3, -0.25) is 4.57 Å². The van der Waals surface area contributed by atoms with Crippen LogP contribution in [0.15, 0.2) is 29.1 Å². The van der Waals surface area contributed by atoms with Crippen molar-refractivity contribution in [1.29, 1.82) is 0 Å². The number of aromatic amines is 1. The summed E-state index contributed by atoms with van der Waals surface area (Å²) in [5.74, 6) is -0.831. The van der Waals surface area contributed by atoms with E-state index in [4.69, 9.17) is 25.1 Å². The highest BCUT2D eigenvalue weighted by atomic mass is 35.5. The van der Waals surface area contributed by atoms with E-state index in [-0.39, 0.29) is 74.0 Å². The van der Waals surface area contributed by atoms with Crippen LogP contribution in [0.4, 0.5) is 5.82 Å². The first kappa shape index (κ1) is 36.4. The molecule has 0 spiro atoms. The minimum atomic E-state index is -0.967. The lowest BCUT2D eigenvalue weighted by atomic mass is 9.98. The van der Waals surface area contributed by atoms with Crippen molar-refractivity contribution >= 4 is 60.2 Å². The number of likely N-dealkylation sites (tertiary alicyclic amines) is 1. The number of ether oxygens (including phenoxy) is 3. The van der Waals surface area contributed by atoms with Crippen molar-refractivity contribution in [2.75, 3.05) is 59.4 Å². The first-order chi connectivity index (χ1) is 18.3. The standard InChI is InChI=1S/C25H35N7O6.3ClH/c1-31-13-18(14-31)27-19(4-3-9-37-15-20(33)34)17-7-5-16(6-8-17)12-32-23-21(28-25(32)35)22(26)29-24(30-23)38-11-10-36-2;;;/h5-8,18-19,27H,3-4,9-15H2,1-2H3,(H,28,35)(H,33,34)(H2,26,29,30);3*1H. The van der Waals surface area contributed by atoms with Gasteiger partial charge in [-0.1, -0.05) is 24.3 Å². The number of nitrogens with one attached hydrogen (secondary N) is 2. The number of imidazole rings is 1. The lowest BCUT2D eigenvalue weighted by molar-refractivity contribution is -0.142. The van der Waals surface area contributed by atoms with Crippen LogP contribution in [0.2, 0.25) is 0 Å². The summed E-state index contributed by atoms with van der Waals surface area (Å²) >= 11 is 0. The van der Waals surface area contributed by atoms with E-state index in [2.05, 4.69) is 44.3 Å². The highest BCUT2D eigenvalue weighted by Crippen LogP contribution is 2.23. The molecule has 0 radical (unpaired) electrons. The Hall–Kier alpha value is -2.65. The summed E-state index contributed by atoms with van der Waals surface area (Å²) in [6, 6.07) is 8.67. The fraction of sp³-hybridized carbons (Fsp3) is 0.520. The van der Waals surface area contributed by atoms with Gasteiger partial charge in [-0.15, -0.1) is 37.2 Å². The number of carboxylic acid groups (broad SMARTS) is 1. The van der Waals surface area contributed by atoms with Gasteiger partial charge in [0, 0.05) is 38.9 Å². The lowest BCUT2D eigenvalue weighted by Crippen LogP contribution is -2.56. The molecule has 1 aromatic carbocycles. The summed E-state index contributed by atoms with van der Waals surface area (Å²) < 4.78 is 17.2. The number of anilines is 1. The van der Waals surface area contributed by atoms with E-state index in [0.29, 0.717) is 37.0 Å². The van der Waals surface area contributed by atoms with Crippen molar-refractivity contribution < 1.29 is 24.1 Å². The Morgan fingerprint density at radius 3 is 2.51 bits per heavy atom. The van der Waals surface area contributed by atoms with Crippen molar-refractivity contribution in [3.63, 3.8) is 0 Å². The van der Waals surface area contributed by atoms with Gasteiger partial charge < -0.3 is 40.3 Å². The maximum Gasteiger partial charge on any atom is 0.329 e. The van der Waals surface area contributed by atoms with E-state index in [1.165, 1.54) is 4.57 Å². The van der Waals surface area contributed by atoms with Gasteiger partial charge in [0.05, 0.1) is 13.2 Å². The average molecular weight is 639 g/mol. The summed E-state index contributed by atoms with van der Waals surface area (Å²) in [5, 5.41) is 12.5. The number of likely N-dealkylation sites (N-methyl/N-ethyl adjacent to an activating group) is 1. The molecule has 0 bridgehead atoms. The fourth-order valence-corrected chi connectivity index (χ4v) is 4.48. The van der Waals surface area contributed by atoms with Crippen LogP contribution in [0.25, 0.3) is 11.2 Å². The number of nitrogens with zero attached hydrogens (tertiary/aromatic N) is 4. The van der Waals surface area contributed by atoms with Crippen molar-refractivity contribution in [3.8, 4) is 6.01 Å². The number of nitrogen functional groups attached to an aromatic ring is 1. The molecule has 1 unspecified atom stereocenters. The Morgan fingerprint density at radius 1 is 1.17 bits per heavy atom. The number of rotatable bonds is 15. The molecular weight excluding hydrogens is 601 g/mol. The summed E-state index contributed by atoms with van der Waals surface area (Å²) in [5.41, 5.74) is 8.47. The number of carbonyl (C=O) groups is 1. The van der Waals surface area contributed by atoms with Gasteiger partial charge in [0.15, 0.2) is 11.5 Å². The zero-order valence-corrected chi connectivity index (χ0v) is 25.4. The van der Waals surface area contributed by atoms with E-state index < -0.39 is 5.97 Å². The minimum Gasteiger partial charge on any atom is -0.480 e. The minimum absolute atomic E-state index is 0. The van der Waals surface area contributed by atoms with Crippen molar-refractivity contribution in [2.24, 2.45) is 0 Å². The van der Waals surface area contributed by atoms with Crippen LogP contribution in [-0.2, 0) is 20.8 Å². The number of methoxy groups -OCH3 is 1. The molecule has 16 heteroatoms. The van der Waals surface area contributed by atoms with Crippen LogP contribution in [0.1, 0.15) is 30.0 Å². The summed E-state index contributed by atoms with van der Waals surface area (Å²) in [7, 11) is 3.65. The Kier molecular flexibility index (Phi) is 15.4. The molecule has 1 atom stereocenters. The molecule has 0 aliphatic carbocycles. The van der Waals surface area contributed by atoms with Crippen LogP contribution < -0.4 is 21.5 Å². The van der Waals surface area contributed by atoms with Gasteiger partial charge in [-0.2, -0.15) is 9.97 Å². The molecule has 0 amide bonds. The molecule has 1 aliphatic heterocycles. The van der Waals surface area contributed by atoms with Gasteiger partial charge in [0.25, 0.3) is 0 Å². The summed E-state index contributed by atoms with van der Waals surface area (Å²) in [4.78, 5) is 36.9. The maximum absolute atomic E-state index is 12.7. The molecule has 5 N–H and O–H groups in total. The smallest absolute Gasteiger partial charge is 0.329 e. The monoisotopic (exact) mass is 637 g/mol. The molecule has 41 heavy (non-hydrogen) atoms. The van der Waals surface area contributed by atoms with E-state index in [1.54, 1.807) is 7.11 Å². The third kappa shape index (κ3) is 9.99. The molecule has 0 saturated carbocycles. The highest BCUT2D eigenvalue weighted by molar-refractivity contribution is 5.86. The number of benzene rings is 1. The fourth-order valence-electron chi connectivity index (χ4n) is 4.48. The number of halogens is 3. The number of nitrogens with two attached hydrogens (primary N) is 1. The SMILES string of the molecule is COCCOc1nc(N)c2[nH]c(=O)n(Cc3ccc(C(CCCOCC(=O)O)NC4CN(C)C4)cc3)c2n1.Cl.Cl.Cl. The Balaban J connectivity index is 0.00000280. The molecule has 3 heterocycles. The number of H-pyrrole nitrogens is 1. The van der Waals surface area contributed by atoms with E-state index in [9.17, 15) is 9.59 Å². The third-order valence-corrected chi connectivity index (χ3v) is 6.38. The first-order valence-corrected chi connectivity index (χ1v) is 12.5.